The molecule has 1 fully saturated rings. The normalized spacial score (nSPS) is 14.9. The number of carbonyl (C=O) groups is 1. The molecule has 2 N–H and O–H groups in total. The molecule has 8 heteroatoms. The van der Waals surface area contributed by atoms with Gasteiger partial charge in [-0.2, -0.15) is 0 Å². The van der Waals surface area contributed by atoms with Crippen LogP contribution in [0.4, 0.5) is 5.69 Å². The van der Waals surface area contributed by atoms with Crippen LogP contribution in [0.5, 0.6) is 0 Å². The summed E-state index contributed by atoms with van der Waals surface area (Å²) >= 11 is 5.95. The maximum atomic E-state index is 12.5. The number of nitrogens with one attached hydrogen (secondary N) is 2. The van der Waals surface area contributed by atoms with E-state index in [9.17, 15) is 4.79 Å². The van der Waals surface area contributed by atoms with Gasteiger partial charge in [-0.1, -0.05) is 11.6 Å². The quantitative estimate of drug-likeness (QED) is 0.570. The fraction of sp³-hybridized carbons (Fsp3) is 0.400. The van der Waals surface area contributed by atoms with E-state index in [-0.39, 0.29) is 12.5 Å². The second-order valence-electron chi connectivity index (χ2n) is 6.53. The number of piperazine rings is 1. The Morgan fingerprint density at radius 3 is 2.54 bits per heavy atom. The van der Waals surface area contributed by atoms with Gasteiger partial charge in [0.25, 0.3) is 0 Å². The molecule has 1 saturated heterocycles. The number of benzene rings is 1. The van der Waals surface area contributed by atoms with E-state index in [4.69, 9.17) is 16.0 Å². The van der Waals surface area contributed by atoms with Crippen molar-refractivity contribution in [2.24, 2.45) is 4.99 Å². The van der Waals surface area contributed by atoms with E-state index in [1.54, 1.807) is 13.3 Å². The predicted octanol–water partition coefficient (Wildman–Crippen LogP) is 1.99. The Morgan fingerprint density at radius 2 is 1.89 bits per heavy atom. The van der Waals surface area contributed by atoms with Crippen molar-refractivity contribution in [1.82, 2.24) is 15.5 Å². The first kappa shape index (κ1) is 20.1. The smallest absolute Gasteiger partial charge is 0.242 e. The molecule has 0 aliphatic carbocycles. The number of aliphatic imine (C=N–C) groups is 1. The molecule has 1 aliphatic rings. The van der Waals surface area contributed by atoms with Crippen LogP contribution in [0.25, 0.3) is 0 Å². The third-order valence-electron chi connectivity index (χ3n) is 4.70. The summed E-state index contributed by atoms with van der Waals surface area (Å²) in [5.74, 6) is 1.60. The van der Waals surface area contributed by atoms with Crippen molar-refractivity contribution in [3.63, 3.8) is 0 Å². The summed E-state index contributed by atoms with van der Waals surface area (Å²) in [5.41, 5.74) is 1.13. The second kappa shape index (κ2) is 10.0. The van der Waals surface area contributed by atoms with Gasteiger partial charge in [0.2, 0.25) is 5.91 Å². The highest BCUT2D eigenvalue weighted by atomic mass is 35.5. The summed E-state index contributed by atoms with van der Waals surface area (Å²) < 4.78 is 5.30. The molecule has 3 rings (SSSR count). The first-order valence-electron chi connectivity index (χ1n) is 9.41. The van der Waals surface area contributed by atoms with E-state index in [1.807, 2.05) is 41.3 Å². The van der Waals surface area contributed by atoms with E-state index in [2.05, 4.69) is 20.5 Å². The summed E-state index contributed by atoms with van der Waals surface area (Å²) in [5, 5.41) is 7.00. The van der Waals surface area contributed by atoms with Crippen LogP contribution in [-0.2, 0) is 11.2 Å². The molecule has 0 bridgehead atoms. The van der Waals surface area contributed by atoms with Crippen molar-refractivity contribution in [2.45, 2.75) is 6.42 Å². The zero-order valence-corrected chi connectivity index (χ0v) is 16.8. The van der Waals surface area contributed by atoms with Gasteiger partial charge in [-0.3, -0.25) is 9.79 Å². The van der Waals surface area contributed by atoms with Crippen molar-refractivity contribution in [3.8, 4) is 0 Å². The molecule has 0 radical (unpaired) electrons. The van der Waals surface area contributed by atoms with Gasteiger partial charge < -0.3 is 24.9 Å². The molecule has 1 amide bonds. The minimum atomic E-state index is 0.0738. The van der Waals surface area contributed by atoms with Crippen LogP contribution in [0.1, 0.15) is 5.76 Å². The molecule has 7 nitrogen and oxygen atoms in total. The maximum absolute atomic E-state index is 12.5. The van der Waals surface area contributed by atoms with Gasteiger partial charge in [0, 0.05) is 56.9 Å². The topological polar surface area (TPSA) is 73.1 Å². The van der Waals surface area contributed by atoms with Crippen molar-refractivity contribution in [2.75, 3.05) is 51.2 Å². The monoisotopic (exact) mass is 403 g/mol. The maximum Gasteiger partial charge on any atom is 0.242 e. The number of carbonyl (C=O) groups excluding carboxylic acids is 1. The summed E-state index contributed by atoms with van der Waals surface area (Å²) in [7, 11) is 1.69. The lowest BCUT2D eigenvalue weighted by Crippen LogP contribution is -2.52. The van der Waals surface area contributed by atoms with Crippen molar-refractivity contribution in [3.05, 3.63) is 53.4 Å². The zero-order valence-electron chi connectivity index (χ0n) is 16.0. The van der Waals surface area contributed by atoms with Gasteiger partial charge in [-0.25, -0.2) is 0 Å². The van der Waals surface area contributed by atoms with Crippen molar-refractivity contribution >= 4 is 29.2 Å². The van der Waals surface area contributed by atoms with E-state index >= 15 is 0 Å². The van der Waals surface area contributed by atoms with Gasteiger partial charge in [0.15, 0.2) is 5.96 Å². The van der Waals surface area contributed by atoms with Crippen LogP contribution in [0.3, 0.4) is 0 Å². The standard InChI is InChI=1S/C20H26ClN5O2/c1-22-20(23-9-8-18-3-2-14-28-18)24-15-19(27)26-12-10-25(11-13-26)17-6-4-16(21)5-7-17/h2-7,14H,8-13,15H2,1H3,(H2,22,23,24). The van der Waals surface area contributed by atoms with E-state index in [1.165, 1.54) is 0 Å². The van der Waals surface area contributed by atoms with Gasteiger partial charge >= 0.3 is 0 Å². The Balaban J connectivity index is 1.38. The molecular formula is C20H26ClN5O2. The Bertz CT molecular complexity index is 768. The fourth-order valence-corrected chi connectivity index (χ4v) is 3.24. The molecule has 2 heterocycles. The largest absolute Gasteiger partial charge is 0.469 e. The molecule has 1 aliphatic heterocycles. The molecule has 1 aromatic carbocycles. The number of halogens is 1. The van der Waals surface area contributed by atoms with E-state index in [0.717, 1.165) is 36.0 Å². The molecular weight excluding hydrogens is 378 g/mol. The number of hydrogen-bond acceptors (Lipinski definition) is 4. The lowest BCUT2D eigenvalue weighted by molar-refractivity contribution is -0.130. The van der Waals surface area contributed by atoms with Gasteiger partial charge in [-0.15, -0.1) is 0 Å². The fourth-order valence-electron chi connectivity index (χ4n) is 3.12. The predicted molar refractivity (Wildman–Crippen MR) is 112 cm³/mol. The van der Waals surface area contributed by atoms with Crippen LogP contribution in [0.2, 0.25) is 5.02 Å². The number of amides is 1. The van der Waals surface area contributed by atoms with Crippen LogP contribution >= 0.6 is 11.6 Å². The SMILES string of the molecule is CN=C(NCCc1ccco1)NCC(=O)N1CCN(c2ccc(Cl)cc2)CC1. The first-order chi connectivity index (χ1) is 13.7. The van der Waals surface area contributed by atoms with Crippen LogP contribution in [0, 0.1) is 0 Å². The van der Waals surface area contributed by atoms with Gasteiger partial charge in [0.05, 0.1) is 12.8 Å². The number of furan rings is 1. The average Bonchev–Trinajstić information content (AvgIpc) is 3.24. The number of hydrogen-bond donors (Lipinski definition) is 2. The zero-order chi connectivity index (χ0) is 19.8. The van der Waals surface area contributed by atoms with Gasteiger partial charge in [0.1, 0.15) is 5.76 Å². The molecule has 0 unspecified atom stereocenters. The minimum absolute atomic E-state index is 0.0738. The Hall–Kier alpha value is -2.67. The molecule has 0 saturated carbocycles. The van der Waals surface area contributed by atoms with E-state index < -0.39 is 0 Å². The van der Waals surface area contributed by atoms with Crippen LogP contribution in [-0.4, -0.2) is 63.1 Å². The van der Waals surface area contributed by atoms with Crippen molar-refractivity contribution in [1.29, 1.82) is 0 Å². The van der Waals surface area contributed by atoms with Crippen molar-refractivity contribution < 1.29 is 9.21 Å². The molecule has 0 spiro atoms. The number of guanidine groups is 1. The first-order valence-corrected chi connectivity index (χ1v) is 9.78. The molecule has 1 aromatic heterocycles. The Morgan fingerprint density at radius 1 is 1.14 bits per heavy atom. The van der Waals surface area contributed by atoms with Crippen LogP contribution in [0.15, 0.2) is 52.1 Å². The van der Waals surface area contributed by atoms with E-state index in [0.29, 0.717) is 25.6 Å². The Kier molecular flexibility index (Phi) is 7.19. The molecule has 150 valence electrons. The lowest BCUT2D eigenvalue weighted by atomic mass is 10.2. The highest BCUT2D eigenvalue weighted by molar-refractivity contribution is 6.30. The highest BCUT2D eigenvalue weighted by Crippen LogP contribution is 2.19. The molecule has 2 aromatic rings. The number of nitrogens with zero attached hydrogens (tertiary/aromatic N) is 3. The molecule has 0 atom stereocenters. The average molecular weight is 404 g/mol. The summed E-state index contributed by atoms with van der Waals surface area (Å²) in [4.78, 5) is 20.8. The third kappa shape index (κ3) is 5.66. The van der Waals surface area contributed by atoms with Crippen LogP contribution < -0.4 is 15.5 Å². The summed E-state index contributed by atoms with van der Waals surface area (Å²) in [6, 6.07) is 11.6. The number of anilines is 1. The highest BCUT2D eigenvalue weighted by Gasteiger charge is 2.21. The lowest BCUT2D eigenvalue weighted by Gasteiger charge is -2.36. The molecule has 28 heavy (non-hydrogen) atoms. The number of rotatable bonds is 6. The third-order valence-corrected chi connectivity index (χ3v) is 4.95. The summed E-state index contributed by atoms with van der Waals surface area (Å²) in [6.07, 6.45) is 2.42. The summed E-state index contributed by atoms with van der Waals surface area (Å²) in [6.45, 7) is 3.93. The van der Waals surface area contributed by atoms with Gasteiger partial charge in [-0.05, 0) is 36.4 Å². The Labute approximate surface area is 170 Å². The second-order valence-corrected chi connectivity index (χ2v) is 6.96. The minimum Gasteiger partial charge on any atom is -0.469 e.